The molecule has 1 N–H and O–H groups in total. The van der Waals surface area contributed by atoms with Crippen molar-refractivity contribution in [2.75, 3.05) is 36.8 Å². The van der Waals surface area contributed by atoms with Crippen molar-refractivity contribution < 1.29 is 9.50 Å². The van der Waals surface area contributed by atoms with Crippen LogP contribution in [0.2, 0.25) is 0 Å². The van der Waals surface area contributed by atoms with E-state index in [2.05, 4.69) is 57.5 Å². The highest BCUT2D eigenvalue weighted by Crippen LogP contribution is 2.34. The quantitative estimate of drug-likeness (QED) is 0.275. The normalized spacial score (nSPS) is 20.8. The maximum absolute atomic E-state index is 13.3. The van der Waals surface area contributed by atoms with Crippen LogP contribution in [-0.4, -0.2) is 68.6 Å². The van der Waals surface area contributed by atoms with Gasteiger partial charge in [0.05, 0.1) is 40.8 Å². The zero-order valence-corrected chi connectivity index (χ0v) is 25.2. The molecule has 10 heteroatoms. The number of halogens is 1. The van der Waals surface area contributed by atoms with E-state index in [0.29, 0.717) is 6.04 Å². The molecule has 0 amide bonds. The number of thiazole rings is 1. The number of piperazine rings is 1. The average molecular weight is 593 g/mol. The minimum Gasteiger partial charge on any atom is -0.392 e. The highest BCUT2D eigenvalue weighted by Gasteiger charge is 2.36. The van der Waals surface area contributed by atoms with Crippen molar-refractivity contribution in [2.45, 2.75) is 55.6 Å². The van der Waals surface area contributed by atoms with Crippen molar-refractivity contribution in [3.63, 3.8) is 0 Å². The molecule has 4 unspecified atom stereocenters. The Labute approximate surface area is 247 Å². The Kier molecular flexibility index (Phi) is 8.62. The molecule has 0 saturated carbocycles. The molecule has 2 fully saturated rings. The fourth-order valence-electron chi connectivity index (χ4n) is 5.93. The van der Waals surface area contributed by atoms with Crippen molar-refractivity contribution in [3.05, 3.63) is 84.2 Å². The number of hydrogen-bond acceptors (Lipinski definition) is 7. The van der Waals surface area contributed by atoms with Gasteiger partial charge in [-0.1, -0.05) is 65.4 Å². The summed E-state index contributed by atoms with van der Waals surface area (Å²) in [5.41, 5.74) is 4.49. The molecule has 4 heterocycles. The Balaban J connectivity index is 1.19. The summed E-state index contributed by atoms with van der Waals surface area (Å²) in [6.45, 7) is 8.81. The van der Waals surface area contributed by atoms with Crippen molar-refractivity contribution in [1.29, 1.82) is 0 Å². The first kappa shape index (κ1) is 28.2. The molecule has 0 spiro atoms. The summed E-state index contributed by atoms with van der Waals surface area (Å²) < 4.78 is 22.1. The summed E-state index contributed by atoms with van der Waals surface area (Å²) in [6, 6.07) is 15.6. The largest absolute Gasteiger partial charge is 0.392 e. The highest BCUT2D eigenvalue weighted by molar-refractivity contribution is 7.89. The molecule has 216 valence electrons. The Morgan fingerprint density at radius 2 is 1.95 bits per heavy atom. The molecule has 2 saturated heterocycles. The number of rotatable bonds is 9. The van der Waals surface area contributed by atoms with Gasteiger partial charge in [-0.2, -0.15) is 0 Å². The Morgan fingerprint density at radius 3 is 2.78 bits per heavy atom. The molecule has 41 heavy (non-hydrogen) atoms. The minimum atomic E-state index is -0.260. The molecule has 4 aromatic rings. The fourth-order valence-corrected chi connectivity index (χ4v) is 8.91. The van der Waals surface area contributed by atoms with Crippen molar-refractivity contribution in [2.24, 2.45) is 4.36 Å². The minimum absolute atomic E-state index is 0.00371. The van der Waals surface area contributed by atoms with E-state index in [4.69, 9.17) is 9.35 Å². The molecular formula is C31H37FN6OS2. The third kappa shape index (κ3) is 6.30. The Hall–Kier alpha value is -2.92. The number of aryl methyl sites for hydroxylation is 2. The van der Waals surface area contributed by atoms with Gasteiger partial charge in [0.1, 0.15) is 5.82 Å². The van der Waals surface area contributed by atoms with Crippen LogP contribution in [0.5, 0.6) is 0 Å². The second kappa shape index (κ2) is 12.5. The highest BCUT2D eigenvalue weighted by atomic mass is 32.2. The third-order valence-corrected chi connectivity index (χ3v) is 11.4. The standard InChI is InChI=1S/C31H37FN6OS2/c1-3-41(30-18-34-31(40-30)37-15-14-36-20-26(39)16-25(36)19-37)35-22(2)27-6-4-5-7-28(27)29-17-33-21-38(29)13-12-23-8-10-24(32)11-9-23/h4-11,17-18,21-22,25-26,39H,3,12-16,19-20H2,1-2H3. The zero-order valence-electron chi connectivity index (χ0n) is 23.6. The molecule has 4 atom stereocenters. The molecular weight excluding hydrogens is 556 g/mol. The molecule has 2 aromatic heterocycles. The van der Waals surface area contributed by atoms with E-state index in [0.717, 1.165) is 73.3 Å². The monoisotopic (exact) mass is 592 g/mol. The first-order chi connectivity index (χ1) is 20.0. The lowest BCUT2D eigenvalue weighted by atomic mass is 10.00. The van der Waals surface area contributed by atoms with Gasteiger partial charge in [-0.25, -0.2) is 14.4 Å². The van der Waals surface area contributed by atoms with Crippen molar-refractivity contribution in [1.82, 2.24) is 19.4 Å². The fraction of sp³-hybridized carbons (Fsp3) is 0.419. The summed E-state index contributed by atoms with van der Waals surface area (Å²) in [5.74, 6) is 0.726. The van der Waals surface area contributed by atoms with Crippen LogP contribution in [-0.2, 0) is 23.7 Å². The van der Waals surface area contributed by atoms with Gasteiger partial charge in [-0.3, -0.25) is 9.26 Å². The van der Waals surface area contributed by atoms with E-state index >= 15 is 0 Å². The number of benzene rings is 2. The second-order valence-electron chi connectivity index (χ2n) is 10.8. The molecule has 6 rings (SSSR count). The number of nitrogens with zero attached hydrogens (tertiary/aromatic N) is 6. The lowest BCUT2D eigenvalue weighted by molar-refractivity contribution is 0.173. The topological polar surface area (TPSA) is 69.8 Å². The predicted molar refractivity (Wildman–Crippen MR) is 165 cm³/mol. The van der Waals surface area contributed by atoms with Gasteiger partial charge in [0.15, 0.2) is 5.13 Å². The molecule has 2 aliphatic heterocycles. The summed E-state index contributed by atoms with van der Waals surface area (Å²) in [5, 5.41) is 11.1. The summed E-state index contributed by atoms with van der Waals surface area (Å²) in [7, 11) is -0.260. The molecule has 7 nitrogen and oxygen atoms in total. The van der Waals surface area contributed by atoms with Crippen LogP contribution < -0.4 is 4.90 Å². The average Bonchev–Trinajstić information content (AvgIpc) is 3.74. The predicted octanol–water partition coefficient (Wildman–Crippen LogP) is 5.59. The summed E-state index contributed by atoms with van der Waals surface area (Å²) >= 11 is 1.77. The van der Waals surface area contributed by atoms with Crippen molar-refractivity contribution in [3.8, 4) is 11.3 Å². The number of hydrogen-bond donors (Lipinski definition) is 1. The molecule has 2 aromatic carbocycles. The van der Waals surface area contributed by atoms with E-state index in [9.17, 15) is 9.50 Å². The SMILES string of the molecule is CCS(=NC(C)c1ccccc1-c1cncn1CCc1ccc(F)cc1)c1cnc(N2CCN3CC(O)CC3C2)s1. The van der Waals surface area contributed by atoms with Gasteiger partial charge >= 0.3 is 0 Å². The maximum Gasteiger partial charge on any atom is 0.186 e. The lowest BCUT2D eigenvalue weighted by Gasteiger charge is -2.37. The van der Waals surface area contributed by atoms with E-state index in [1.54, 1.807) is 11.3 Å². The lowest BCUT2D eigenvalue weighted by Crippen LogP contribution is -2.50. The van der Waals surface area contributed by atoms with Gasteiger partial charge < -0.3 is 14.6 Å². The first-order valence-electron chi connectivity index (χ1n) is 14.4. The summed E-state index contributed by atoms with van der Waals surface area (Å²) in [6.07, 6.45) is 7.28. The van der Waals surface area contributed by atoms with Crippen LogP contribution in [0.15, 0.2) is 75.8 Å². The van der Waals surface area contributed by atoms with Gasteiger partial charge in [-0.05, 0) is 43.0 Å². The van der Waals surface area contributed by atoms with E-state index < -0.39 is 0 Å². The number of aliphatic hydroxyl groups excluding tert-OH is 1. The summed E-state index contributed by atoms with van der Waals surface area (Å²) in [4.78, 5) is 14.1. The second-order valence-corrected chi connectivity index (χ2v) is 14.0. The van der Waals surface area contributed by atoms with Crippen LogP contribution in [0.1, 0.15) is 37.4 Å². The van der Waals surface area contributed by atoms with E-state index in [-0.39, 0.29) is 28.7 Å². The van der Waals surface area contributed by atoms with Crippen LogP contribution in [0.25, 0.3) is 11.3 Å². The van der Waals surface area contributed by atoms with E-state index in [1.165, 1.54) is 21.9 Å². The van der Waals surface area contributed by atoms with Gasteiger partial charge in [0, 0.05) is 50.1 Å². The van der Waals surface area contributed by atoms with Crippen molar-refractivity contribution >= 4 is 27.2 Å². The van der Waals surface area contributed by atoms with Crippen LogP contribution in [0.4, 0.5) is 9.52 Å². The number of aromatic nitrogens is 3. The van der Waals surface area contributed by atoms with Crippen LogP contribution >= 0.6 is 11.3 Å². The number of fused-ring (bicyclic) bond motifs is 1. The maximum atomic E-state index is 13.3. The third-order valence-electron chi connectivity index (χ3n) is 8.08. The van der Waals surface area contributed by atoms with Crippen LogP contribution in [0.3, 0.4) is 0 Å². The van der Waals surface area contributed by atoms with Gasteiger partial charge in [0.25, 0.3) is 0 Å². The van der Waals surface area contributed by atoms with E-state index in [1.807, 2.05) is 30.9 Å². The Morgan fingerprint density at radius 1 is 1.12 bits per heavy atom. The number of imidazole rings is 1. The zero-order chi connectivity index (χ0) is 28.3. The Bertz CT molecular complexity index is 1500. The first-order valence-corrected chi connectivity index (χ1v) is 16.5. The molecule has 0 bridgehead atoms. The van der Waals surface area contributed by atoms with Crippen LogP contribution in [0, 0.1) is 5.82 Å². The van der Waals surface area contributed by atoms with Gasteiger partial charge in [0.2, 0.25) is 0 Å². The smallest absolute Gasteiger partial charge is 0.186 e. The molecule has 0 aliphatic carbocycles. The number of aliphatic hydroxyl groups is 1. The number of anilines is 1. The molecule has 0 radical (unpaired) electrons. The molecule has 2 aliphatic rings. The van der Waals surface area contributed by atoms with Gasteiger partial charge in [-0.15, -0.1) is 0 Å².